The van der Waals surface area contributed by atoms with Gasteiger partial charge in [-0.2, -0.15) is 4.98 Å². The summed E-state index contributed by atoms with van der Waals surface area (Å²) in [5.74, 6) is 0.537. The molecule has 22 heavy (non-hydrogen) atoms. The molecule has 0 fully saturated rings. The minimum absolute atomic E-state index is 0.0416. The minimum Gasteiger partial charge on any atom is -0.338 e. The van der Waals surface area contributed by atoms with E-state index in [1.54, 1.807) is 13.8 Å². The first kappa shape index (κ1) is 16.7. The van der Waals surface area contributed by atoms with Crippen LogP contribution in [0.5, 0.6) is 0 Å². The molecule has 1 heterocycles. The molecule has 120 valence electrons. The molecule has 0 saturated carbocycles. The molecule has 5 nitrogen and oxygen atoms in total. The van der Waals surface area contributed by atoms with Gasteiger partial charge in [0.1, 0.15) is 5.25 Å². The molecule has 1 aromatic heterocycles. The molecule has 0 saturated heterocycles. The number of nitrogens with zero attached hydrogens (tertiary/aromatic N) is 2. The Hall–Kier alpha value is -1.69. The maximum absolute atomic E-state index is 12.5. The first-order valence-corrected chi connectivity index (χ1v) is 8.92. The number of hydrogen-bond donors (Lipinski definition) is 0. The molecule has 1 atom stereocenters. The first-order chi connectivity index (χ1) is 10.1. The Morgan fingerprint density at radius 1 is 1.18 bits per heavy atom. The Bertz CT molecular complexity index is 740. The van der Waals surface area contributed by atoms with Crippen molar-refractivity contribution in [3.8, 4) is 0 Å². The van der Waals surface area contributed by atoms with Gasteiger partial charge in [0.05, 0.1) is 5.75 Å². The van der Waals surface area contributed by atoms with Gasteiger partial charge in [-0.05, 0) is 30.4 Å². The van der Waals surface area contributed by atoms with Crippen molar-refractivity contribution in [2.24, 2.45) is 0 Å². The van der Waals surface area contributed by atoms with E-state index in [2.05, 4.69) is 30.9 Å². The zero-order valence-electron chi connectivity index (χ0n) is 13.6. The Morgan fingerprint density at radius 3 is 2.23 bits per heavy atom. The van der Waals surface area contributed by atoms with Crippen LogP contribution in [0.2, 0.25) is 0 Å². The maximum Gasteiger partial charge on any atom is 0.244 e. The standard InChI is InChI=1S/C16H22N2O3S/c1-11(15-17-12(2)18-21-15)22(19,20)10-13-6-8-14(9-7-13)16(3,4)5/h6-9,11H,10H2,1-5H3. The van der Waals surface area contributed by atoms with E-state index in [0.29, 0.717) is 5.82 Å². The summed E-state index contributed by atoms with van der Waals surface area (Å²) < 4.78 is 29.9. The molecule has 0 amide bonds. The van der Waals surface area contributed by atoms with E-state index in [-0.39, 0.29) is 17.1 Å². The number of aromatic nitrogens is 2. The van der Waals surface area contributed by atoms with Gasteiger partial charge in [-0.25, -0.2) is 8.42 Å². The molecule has 2 rings (SSSR count). The third kappa shape index (κ3) is 3.74. The minimum atomic E-state index is -3.40. The Kier molecular flexibility index (Phi) is 4.42. The van der Waals surface area contributed by atoms with Crippen LogP contribution in [0, 0.1) is 6.92 Å². The van der Waals surface area contributed by atoms with Crippen molar-refractivity contribution in [2.45, 2.75) is 51.0 Å². The van der Waals surface area contributed by atoms with Gasteiger partial charge in [-0.3, -0.25) is 0 Å². The van der Waals surface area contributed by atoms with Crippen molar-refractivity contribution < 1.29 is 12.9 Å². The number of rotatable bonds is 4. The van der Waals surface area contributed by atoms with Crippen LogP contribution in [0.15, 0.2) is 28.8 Å². The predicted molar refractivity (Wildman–Crippen MR) is 85.2 cm³/mol. The van der Waals surface area contributed by atoms with Crippen molar-refractivity contribution in [3.63, 3.8) is 0 Å². The van der Waals surface area contributed by atoms with Crippen LogP contribution in [0.25, 0.3) is 0 Å². The van der Waals surface area contributed by atoms with Crippen molar-refractivity contribution in [3.05, 3.63) is 47.1 Å². The Balaban J connectivity index is 2.18. The summed E-state index contributed by atoms with van der Waals surface area (Å²) in [4.78, 5) is 4.01. The van der Waals surface area contributed by atoms with Gasteiger partial charge >= 0.3 is 0 Å². The molecular formula is C16H22N2O3S. The Labute approximate surface area is 131 Å². The zero-order chi connectivity index (χ0) is 16.5. The van der Waals surface area contributed by atoms with E-state index < -0.39 is 15.1 Å². The maximum atomic E-state index is 12.5. The monoisotopic (exact) mass is 322 g/mol. The Morgan fingerprint density at radius 2 is 1.77 bits per heavy atom. The highest BCUT2D eigenvalue weighted by atomic mass is 32.2. The molecule has 0 spiro atoms. The van der Waals surface area contributed by atoms with Crippen LogP contribution >= 0.6 is 0 Å². The second-order valence-corrected chi connectivity index (χ2v) is 8.90. The largest absolute Gasteiger partial charge is 0.338 e. The summed E-state index contributed by atoms with van der Waals surface area (Å²) in [5, 5.41) is 2.84. The quantitative estimate of drug-likeness (QED) is 0.863. The van der Waals surface area contributed by atoms with Gasteiger partial charge in [0.15, 0.2) is 15.7 Å². The molecule has 0 aliphatic heterocycles. The summed E-state index contributed by atoms with van der Waals surface area (Å²) in [5.41, 5.74) is 1.98. The molecule has 0 aliphatic carbocycles. The lowest BCUT2D eigenvalue weighted by molar-refractivity contribution is 0.373. The molecule has 1 aromatic carbocycles. The second-order valence-electron chi connectivity index (χ2n) is 6.58. The van der Waals surface area contributed by atoms with Gasteiger partial charge in [0.25, 0.3) is 0 Å². The van der Waals surface area contributed by atoms with Crippen molar-refractivity contribution in [1.82, 2.24) is 10.1 Å². The normalized spacial score (nSPS) is 14.0. The third-order valence-corrected chi connectivity index (χ3v) is 5.63. The third-order valence-electron chi connectivity index (χ3n) is 3.62. The van der Waals surface area contributed by atoms with Crippen LogP contribution < -0.4 is 0 Å². The molecule has 6 heteroatoms. The topological polar surface area (TPSA) is 73.1 Å². The molecule has 0 bridgehead atoms. The van der Waals surface area contributed by atoms with E-state index >= 15 is 0 Å². The van der Waals surface area contributed by atoms with Crippen LogP contribution in [0.3, 0.4) is 0 Å². The van der Waals surface area contributed by atoms with Crippen LogP contribution in [-0.2, 0) is 21.0 Å². The average Bonchev–Trinajstić information content (AvgIpc) is 2.83. The van der Waals surface area contributed by atoms with E-state index in [9.17, 15) is 8.42 Å². The van der Waals surface area contributed by atoms with Gasteiger partial charge in [0.2, 0.25) is 5.89 Å². The molecule has 0 N–H and O–H groups in total. The van der Waals surface area contributed by atoms with Crippen LogP contribution in [-0.4, -0.2) is 18.6 Å². The fraction of sp³-hybridized carbons (Fsp3) is 0.500. The number of aryl methyl sites for hydroxylation is 1. The number of sulfone groups is 1. The van der Waals surface area contributed by atoms with Crippen molar-refractivity contribution in [1.29, 1.82) is 0 Å². The number of hydrogen-bond acceptors (Lipinski definition) is 5. The first-order valence-electron chi connectivity index (χ1n) is 7.21. The van der Waals surface area contributed by atoms with E-state index in [1.165, 1.54) is 5.56 Å². The SMILES string of the molecule is Cc1noc(C(C)S(=O)(=O)Cc2ccc(C(C)(C)C)cc2)n1. The summed E-state index contributed by atoms with van der Waals surface area (Å²) in [7, 11) is -3.40. The van der Waals surface area contributed by atoms with Gasteiger partial charge in [0, 0.05) is 0 Å². The lowest BCUT2D eigenvalue weighted by Crippen LogP contribution is -2.14. The second kappa shape index (κ2) is 5.83. The van der Waals surface area contributed by atoms with Crippen molar-refractivity contribution >= 4 is 9.84 Å². The average molecular weight is 322 g/mol. The summed E-state index contributed by atoms with van der Waals surface area (Å²) in [6.07, 6.45) is 0. The van der Waals surface area contributed by atoms with Gasteiger partial charge < -0.3 is 4.52 Å². The van der Waals surface area contributed by atoms with E-state index in [0.717, 1.165) is 5.56 Å². The zero-order valence-corrected chi connectivity index (χ0v) is 14.4. The predicted octanol–water partition coefficient (Wildman–Crippen LogP) is 3.35. The smallest absolute Gasteiger partial charge is 0.244 e. The fourth-order valence-electron chi connectivity index (χ4n) is 2.09. The van der Waals surface area contributed by atoms with E-state index in [4.69, 9.17) is 4.52 Å². The summed E-state index contributed by atoms with van der Waals surface area (Å²) in [6, 6.07) is 7.69. The molecule has 1 unspecified atom stereocenters. The molecule has 0 radical (unpaired) electrons. The fourth-order valence-corrected chi connectivity index (χ4v) is 3.40. The van der Waals surface area contributed by atoms with Crippen molar-refractivity contribution in [2.75, 3.05) is 0 Å². The molecule has 2 aromatic rings. The van der Waals surface area contributed by atoms with Gasteiger partial charge in [-0.15, -0.1) is 0 Å². The highest BCUT2D eigenvalue weighted by molar-refractivity contribution is 7.90. The summed E-state index contributed by atoms with van der Waals surface area (Å²) >= 11 is 0. The number of benzene rings is 1. The van der Waals surface area contributed by atoms with Crippen LogP contribution in [0.4, 0.5) is 0 Å². The van der Waals surface area contributed by atoms with Gasteiger partial charge in [-0.1, -0.05) is 50.2 Å². The lowest BCUT2D eigenvalue weighted by atomic mass is 9.87. The van der Waals surface area contributed by atoms with E-state index in [1.807, 2.05) is 24.3 Å². The lowest BCUT2D eigenvalue weighted by Gasteiger charge is -2.19. The highest BCUT2D eigenvalue weighted by Gasteiger charge is 2.28. The molecular weight excluding hydrogens is 300 g/mol. The summed E-state index contributed by atoms with van der Waals surface area (Å²) in [6.45, 7) is 9.61. The molecule has 0 aliphatic rings. The highest BCUT2D eigenvalue weighted by Crippen LogP contribution is 2.26. The van der Waals surface area contributed by atoms with Crippen LogP contribution in [0.1, 0.15) is 55.8 Å².